The summed E-state index contributed by atoms with van der Waals surface area (Å²) in [5.41, 5.74) is -0.317. The van der Waals surface area contributed by atoms with Crippen LogP contribution >= 0.6 is 0 Å². The molecule has 84 valence electrons. The molecular formula is C8H13N3O4. The Morgan fingerprint density at radius 1 is 1.73 bits per heavy atom. The molecule has 1 aromatic heterocycles. The molecule has 1 amide bonds. The van der Waals surface area contributed by atoms with Crippen LogP contribution in [0, 0.1) is 0 Å². The third kappa shape index (κ3) is 3.56. The molecule has 0 fully saturated rings. The first kappa shape index (κ1) is 11.5. The fourth-order valence-corrected chi connectivity index (χ4v) is 1.01. The van der Waals surface area contributed by atoms with Crippen LogP contribution in [0.3, 0.4) is 0 Å². The molecule has 1 aromatic rings. The number of ether oxygens (including phenoxy) is 1. The second-order valence-electron chi connectivity index (χ2n) is 2.98. The fraction of sp³-hybridized carbons (Fsp3) is 0.500. The Bertz CT molecular complexity index is 370. The van der Waals surface area contributed by atoms with Gasteiger partial charge in [0.1, 0.15) is 5.69 Å². The second kappa shape index (κ2) is 5.32. The molecule has 7 heteroatoms. The van der Waals surface area contributed by atoms with Gasteiger partial charge in [0, 0.05) is 19.9 Å². The fourth-order valence-electron chi connectivity index (χ4n) is 1.01. The lowest BCUT2D eigenvalue weighted by Gasteiger charge is -2.09. The van der Waals surface area contributed by atoms with Gasteiger partial charge in [-0.1, -0.05) is 0 Å². The SMILES string of the molecule is COCC(O)CNC(=O)c1c[nH]c(=O)[nH]1. The van der Waals surface area contributed by atoms with Crippen molar-refractivity contribution < 1.29 is 14.6 Å². The van der Waals surface area contributed by atoms with Crippen LogP contribution in [-0.2, 0) is 4.74 Å². The van der Waals surface area contributed by atoms with E-state index < -0.39 is 17.7 Å². The van der Waals surface area contributed by atoms with Crippen molar-refractivity contribution in [3.63, 3.8) is 0 Å². The molecule has 15 heavy (non-hydrogen) atoms. The van der Waals surface area contributed by atoms with Crippen molar-refractivity contribution in [3.05, 3.63) is 22.4 Å². The lowest BCUT2D eigenvalue weighted by molar-refractivity contribution is 0.0608. The first-order valence-electron chi connectivity index (χ1n) is 4.36. The zero-order chi connectivity index (χ0) is 11.3. The van der Waals surface area contributed by atoms with E-state index in [9.17, 15) is 14.7 Å². The molecule has 1 atom stereocenters. The van der Waals surface area contributed by atoms with Gasteiger partial charge in [0.15, 0.2) is 0 Å². The number of imidazole rings is 1. The summed E-state index contributed by atoms with van der Waals surface area (Å²) in [4.78, 5) is 26.6. The molecule has 7 nitrogen and oxygen atoms in total. The van der Waals surface area contributed by atoms with E-state index in [0.29, 0.717) is 0 Å². The molecule has 0 aliphatic carbocycles. The Hall–Kier alpha value is -1.60. The van der Waals surface area contributed by atoms with Crippen molar-refractivity contribution >= 4 is 5.91 Å². The van der Waals surface area contributed by atoms with Gasteiger partial charge in [-0.15, -0.1) is 0 Å². The standard InChI is InChI=1S/C8H13N3O4/c1-15-4-5(12)2-9-7(13)6-3-10-8(14)11-6/h3,5,12H,2,4H2,1H3,(H,9,13)(H2,10,11,14). The normalized spacial score (nSPS) is 12.4. The number of aromatic nitrogens is 2. The summed E-state index contributed by atoms with van der Waals surface area (Å²) in [6.45, 7) is 0.212. The summed E-state index contributed by atoms with van der Waals surface area (Å²) < 4.78 is 4.68. The maximum atomic E-state index is 11.3. The van der Waals surface area contributed by atoms with Crippen molar-refractivity contribution in [1.82, 2.24) is 15.3 Å². The quantitative estimate of drug-likeness (QED) is 0.476. The van der Waals surface area contributed by atoms with E-state index in [0.717, 1.165) is 0 Å². The number of rotatable bonds is 5. The highest BCUT2D eigenvalue weighted by atomic mass is 16.5. The molecule has 1 rings (SSSR count). The van der Waals surface area contributed by atoms with Gasteiger partial charge in [0.2, 0.25) is 0 Å². The number of aliphatic hydroxyl groups excluding tert-OH is 1. The van der Waals surface area contributed by atoms with Crippen molar-refractivity contribution in [1.29, 1.82) is 0 Å². The van der Waals surface area contributed by atoms with E-state index in [2.05, 4.69) is 20.0 Å². The van der Waals surface area contributed by atoms with Gasteiger partial charge >= 0.3 is 5.69 Å². The summed E-state index contributed by atoms with van der Waals surface area (Å²) in [5.74, 6) is -0.455. The van der Waals surface area contributed by atoms with E-state index in [1.54, 1.807) is 0 Å². The van der Waals surface area contributed by atoms with Gasteiger partial charge in [-0.2, -0.15) is 0 Å². The third-order valence-corrected chi connectivity index (χ3v) is 1.70. The van der Waals surface area contributed by atoms with Gasteiger partial charge in [0.05, 0.1) is 12.7 Å². The zero-order valence-corrected chi connectivity index (χ0v) is 8.24. The van der Waals surface area contributed by atoms with Crippen molar-refractivity contribution in [3.8, 4) is 0 Å². The first-order chi connectivity index (χ1) is 7.13. The summed E-state index contributed by atoms with van der Waals surface area (Å²) >= 11 is 0. The smallest absolute Gasteiger partial charge is 0.323 e. The van der Waals surface area contributed by atoms with E-state index in [4.69, 9.17) is 0 Å². The van der Waals surface area contributed by atoms with Crippen LogP contribution in [-0.4, -0.2) is 47.3 Å². The summed E-state index contributed by atoms with van der Waals surface area (Å²) in [6.07, 6.45) is 0.505. The monoisotopic (exact) mass is 215 g/mol. The number of nitrogens with one attached hydrogen (secondary N) is 3. The molecule has 0 aliphatic rings. The number of amides is 1. The third-order valence-electron chi connectivity index (χ3n) is 1.70. The van der Waals surface area contributed by atoms with Gasteiger partial charge in [-0.25, -0.2) is 4.79 Å². The maximum absolute atomic E-state index is 11.3. The van der Waals surface area contributed by atoms with Crippen LogP contribution in [0.4, 0.5) is 0 Å². The Kier molecular flexibility index (Phi) is 4.07. The average molecular weight is 215 g/mol. The van der Waals surface area contributed by atoms with Crippen LogP contribution < -0.4 is 11.0 Å². The average Bonchev–Trinajstić information content (AvgIpc) is 2.62. The van der Waals surface area contributed by atoms with Gasteiger partial charge < -0.3 is 25.1 Å². The van der Waals surface area contributed by atoms with Gasteiger partial charge in [-0.05, 0) is 0 Å². The van der Waals surface area contributed by atoms with E-state index >= 15 is 0 Å². The first-order valence-corrected chi connectivity index (χ1v) is 4.36. The lowest BCUT2D eigenvalue weighted by Crippen LogP contribution is -2.34. The van der Waals surface area contributed by atoms with Crippen molar-refractivity contribution in [2.45, 2.75) is 6.10 Å². The van der Waals surface area contributed by atoms with E-state index in [1.165, 1.54) is 13.3 Å². The minimum absolute atomic E-state index is 0.0693. The summed E-state index contributed by atoms with van der Waals surface area (Å²) in [5, 5.41) is 11.7. The number of aliphatic hydroxyl groups is 1. The number of aromatic amines is 2. The van der Waals surface area contributed by atoms with Crippen molar-refractivity contribution in [2.24, 2.45) is 0 Å². The predicted octanol–water partition coefficient (Wildman–Crippen LogP) is -1.56. The minimum Gasteiger partial charge on any atom is -0.389 e. The topological polar surface area (TPSA) is 107 Å². The molecule has 0 saturated heterocycles. The molecule has 4 N–H and O–H groups in total. The molecule has 0 aliphatic heterocycles. The van der Waals surface area contributed by atoms with Crippen LogP contribution in [0.1, 0.15) is 10.5 Å². The molecule has 0 aromatic carbocycles. The largest absolute Gasteiger partial charge is 0.389 e. The van der Waals surface area contributed by atoms with Crippen LogP contribution in [0.2, 0.25) is 0 Å². The highest BCUT2D eigenvalue weighted by molar-refractivity contribution is 5.91. The zero-order valence-electron chi connectivity index (χ0n) is 8.24. The highest BCUT2D eigenvalue weighted by Gasteiger charge is 2.09. The van der Waals surface area contributed by atoms with Crippen LogP contribution in [0.25, 0.3) is 0 Å². The molecule has 0 spiro atoms. The van der Waals surface area contributed by atoms with E-state index in [1.807, 2.05) is 0 Å². The van der Waals surface area contributed by atoms with Crippen LogP contribution in [0.5, 0.6) is 0 Å². The molecule has 1 unspecified atom stereocenters. The maximum Gasteiger partial charge on any atom is 0.323 e. The summed E-state index contributed by atoms with van der Waals surface area (Å²) in [7, 11) is 1.45. The van der Waals surface area contributed by atoms with Gasteiger partial charge in [-0.3, -0.25) is 4.79 Å². The minimum atomic E-state index is -0.760. The predicted molar refractivity (Wildman–Crippen MR) is 51.6 cm³/mol. The van der Waals surface area contributed by atoms with Gasteiger partial charge in [0.25, 0.3) is 5.91 Å². The summed E-state index contributed by atoms with van der Waals surface area (Å²) in [6, 6.07) is 0. The number of hydrogen-bond donors (Lipinski definition) is 4. The Labute approximate surface area is 85.5 Å². The Morgan fingerprint density at radius 2 is 2.47 bits per heavy atom. The molecular weight excluding hydrogens is 202 g/mol. The lowest BCUT2D eigenvalue weighted by atomic mass is 10.3. The molecule has 1 heterocycles. The number of carbonyl (C=O) groups is 1. The van der Waals surface area contributed by atoms with Crippen LogP contribution in [0.15, 0.2) is 11.0 Å². The highest BCUT2D eigenvalue weighted by Crippen LogP contribution is 1.88. The number of methoxy groups -OCH3 is 1. The van der Waals surface area contributed by atoms with E-state index in [-0.39, 0.29) is 18.8 Å². The Morgan fingerprint density at radius 3 is 3.00 bits per heavy atom. The molecule has 0 radical (unpaired) electrons. The molecule has 0 bridgehead atoms. The molecule has 0 saturated carbocycles. The number of H-pyrrole nitrogens is 2. The van der Waals surface area contributed by atoms with Crippen molar-refractivity contribution in [2.75, 3.05) is 20.3 Å². The second-order valence-corrected chi connectivity index (χ2v) is 2.98. The number of carbonyl (C=O) groups excluding carboxylic acids is 1. The Balaban J connectivity index is 2.40. The number of hydrogen-bond acceptors (Lipinski definition) is 4.